The van der Waals surface area contributed by atoms with Gasteiger partial charge in [0.1, 0.15) is 0 Å². The maximum absolute atomic E-state index is 11.9. The lowest BCUT2D eigenvalue weighted by Crippen LogP contribution is -2.40. The Balaban J connectivity index is 3.34. The van der Waals surface area contributed by atoms with Crippen LogP contribution in [0.2, 0.25) is 5.02 Å². The van der Waals surface area contributed by atoms with Crippen molar-refractivity contribution in [1.29, 1.82) is 0 Å². The smallest absolute Gasteiger partial charge is 0.334 e. The monoisotopic (exact) mass is 313 g/mol. The third-order valence-corrected chi connectivity index (χ3v) is 6.70. The summed E-state index contributed by atoms with van der Waals surface area (Å²) in [7, 11) is -6.49. The zero-order chi connectivity index (χ0) is 14.1. The topological polar surface area (TPSA) is 110 Å². The molecule has 0 saturated carbocycles. The van der Waals surface area contributed by atoms with Crippen molar-refractivity contribution < 1.29 is 16.8 Å². The lowest BCUT2D eigenvalue weighted by atomic mass is 10.3. The fourth-order valence-electron chi connectivity index (χ4n) is 1.06. The van der Waals surface area contributed by atoms with Crippen molar-refractivity contribution in [1.82, 2.24) is 9.84 Å². The molecule has 0 aromatic heterocycles. The summed E-state index contributed by atoms with van der Waals surface area (Å²) in [6.45, 7) is 0. The fraction of sp³-hybridized carbons (Fsp3) is 0.250. The Morgan fingerprint density at radius 1 is 1.22 bits per heavy atom. The first-order valence-electron chi connectivity index (χ1n) is 4.58. The number of anilines is 1. The van der Waals surface area contributed by atoms with Crippen molar-refractivity contribution >= 4 is 35.2 Å². The summed E-state index contributed by atoms with van der Waals surface area (Å²) in [6.07, 6.45) is 0. The number of nitrogens with zero attached hydrogens (tertiary/aromatic N) is 1. The van der Waals surface area contributed by atoms with Gasteiger partial charge in [0.25, 0.3) is 8.87 Å². The van der Waals surface area contributed by atoms with Crippen LogP contribution in [-0.2, 0) is 17.9 Å². The molecule has 0 unspecified atom stereocenters. The molecule has 0 atom stereocenters. The van der Waals surface area contributed by atoms with Crippen LogP contribution in [0.25, 0.3) is 0 Å². The summed E-state index contributed by atoms with van der Waals surface area (Å²) in [5.41, 5.74) is 5.58. The van der Waals surface area contributed by atoms with Gasteiger partial charge in [-0.3, -0.25) is 0 Å². The SMILES string of the molecule is CN(C)NS(=O)(=O)S(=O)(=O)c1ccc(N)c(Cl)c1. The molecule has 0 bridgehead atoms. The molecule has 3 N–H and O–H groups in total. The van der Waals surface area contributed by atoms with Crippen LogP contribution in [0.15, 0.2) is 23.1 Å². The van der Waals surface area contributed by atoms with Crippen molar-refractivity contribution in [3.63, 3.8) is 0 Å². The number of benzene rings is 1. The molecule has 0 amide bonds. The van der Waals surface area contributed by atoms with E-state index in [1.54, 1.807) is 0 Å². The summed E-state index contributed by atoms with van der Waals surface area (Å²) in [4.78, 5) is 1.39. The van der Waals surface area contributed by atoms with E-state index >= 15 is 0 Å². The third-order valence-electron chi connectivity index (χ3n) is 1.84. The highest BCUT2D eigenvalue weighted by Crippen LogP contribution is 2.25. The van der Waals surface area contributed by atoms with Gasteiger partial charge in [0.05, 0.1) is 15.6 Å². The maximum atomic E-state index is 11.9. The summed E-state index contributed by atoms with van der Waals surface area (Å²) in [6, 6.07) is 3.28. The van der Waals surface area contributed by atoms with Crippen molar-refractivity contribution in [3.05, 3.63) is 23.2 Å². The highest BCUT2D eigenvalue weighted by atomic mass is 35.5. The molecule has 0 saturated heterocycles. The van der Waals surface area contributed by atoms with Gasteiger partial charge in [-0.25, -0.2) is 13.4 Å². The lowest BCUT2D eigenvalue weighted by molar-refractivity contribution is 0.367. The molecule has 1 aromatic carbocycles. The van der Waals surface area contributed by atoms with Gasteiger partial charge in [0.2, 0.25) is 0 Å². The molecular formula is C8H12ClN3O4S2. The summed E-state index contributed by atoms with van der Waals surface area (Å²) in [5, 5.41) is 0.974. The molecule has 102 valence electrons. The second kappa shape index (κ2) is 5.02. The van der Waals surface area contributed by atoms with Gasteiger partial charge in [-0.05, 0) is 18.2 Å². The molecule has 0 fully saturated rings. The third kappa shape index (κ3) is 2.93. The van der Waals surface area contributed by atoms with Crippen LogP contribution in [0.4, 0.5) is 5.69 Å². The van der Waals surface area contributed by atoms with Crippen molar-refractivity contribution in [2.75, 3.05) is 19.8 Å². The van der Waals surface area contributed by atoms with Gasteiger partial charge < -0.3 is 5.73 Å². The number of nitrogens with two attached hydrogens (primary N) is 1. The predicted octanol–water partition coefficient (Wildman–Crippen LogP) is 0.00690. The summed E-state index contributed by atoms with van der Waals surface area (Å²) < 4.78 is 47.0. The van der Waals surface area contributed by atoms with Crippen LogP contribution >= 0.6 is 11.6 Å². The van der Waals surface area contributed by atoms with E-state index in [0.717, 1.165) is 17.1 Å². The van der Waals surface area contributed by atoms with Crippen molar-refractivity contribution in [2.24, 2.45) is 0 Å². The molecule has 18 heavy (non-hydrogen) atoms. The molecule has 0 aliphatic carbocycles. The van der Waals surface area contributed by atoms with Gasteiger partial charge in [-0.15, -0.1) is 4.83 Å². The average molecular weight is 314 g/mol. The van der Waals surface area contributed by atoms with E-state index in [1.165, 1.54) is 20.2 Å². The van der Waals surface area contributed by atoms with Crippen LogP contribution in [-0.4, -0.2) is 35.9 Å². The number of hydrogen-bond donors (Lipinski definition) is 2. The second-order valence-electron chi connectivity index (χ2n) is 3.58. The Kier molecular flexibility index (Phi) is 4.23. The molecule has 1 rings (SSSR count). The largest absolute Gasteiger partial charge is 0.398 e. The number of hydrogen-bond acceptors (Lipinski definition) is 6. The van der Waals surface area contributed by atoms with E-state index < -0.39 is 22.8 Å². The Morgan fingerprint density at radius 3 is 2.22 bits per heavy atom. The Hall–Kier alpha value is -0.870. The number of nitrogen functional groups attached to an aromatic ring is 1. The first kappa shape index (κ1) is 15.2. The number of nitrogens with one attached hydrogen (secondary N) is 1. The number of halogens is 1. The van der Waals surface area contributed by atoms with Crippen LogP contribution in [0, 0.1) is 0 Å². The fourth-order valence-corrected chi connectivity index (χ4v) is 4.42. The van der Waals surface area contributed by atoms with Crippen molar-refractivity contribution in [3.8, 4) is 0 Å². The van der Waals surface area contributed by atoms with Crippen LogP contribution in [0.1, 0.15) is 0 Å². The molecule has 0 spiro atoms. The van der Waals surface area contributed by atoms with E-state index in [1.807, 2.05) is 4.83 Å². The van der Waals surface area contributed by atoms with Gasteiger partial charge in [-0.2, -0.15) is 8.42 Å². The van der Waals surface area contributed by atoms with E-state index in [-0.39, 0.29) is 10.7 Å². The zero-order valence-corrected chi connectivity index (χ0v) is 12.0. The first-order chi connectivity index (χ1) is 8.08. The normalized spacial score (nSPS) is 12.9. The molecule has 7 nitrogen and oxygen atoms in total. The van der Waals surface area contributed by atoms with E-state index in [0.29, 0.717) is 0 Å². The number of rotatable bonds is 4. The van der Waals surface area contributed by atoms with Gasteiger partial charge in [-0.1, -0.05) is 11.6 Å². The van der Waals surface area contributed by atoms with E-state index in [9.17, 15) is 16.8 Å². The highest BCUT2D eigenvalue weighted by Gasteiger charge is 2.32. The summed E-state index contributed by atoms with van der Waals surface area (Å²) in [5.74, 6) is 0. The van der Waals surface area contributed by atoms with E-state index in [4.69, 9.17) is 17.3 Å². The second-order valence-corrected chi connectivity index (χ2v) is 9.09. The molecule has 0 radical (unpaired) electrons. The number of hydrazine groups is 1. The Labute approximate surface area is 110 Å². The molecule has 1 aromatic rings. The van der Waals surface area contributed by atoms with Gasteiger partial charge in [0.15, 0.2) is 0 Å². The summed E-state index contributed by atoms with van der Waals surface area (Å²) >= 11 is 5.66. The average Bonchev–Trinajstić information content (AvgIpc) is 2.19. The molecule has 0 aliphatic rings. The first-order valence-corrected chi connectivity index (χ1v) is 8.44. The minimum absolute atomic E-state index is 0.0314. The van der Waals surface area contributed by atoms with Gasteiger partial charge >= 0.3 is 9.06 Å². The van der Waals surface area contributed by atoms with Crippen LogP contribution in [0.3, 0.4) is 0 Å². The van der Waals surface area contributed by atoms with Crippen LogP contribution < -0.4 is 10.6 Å². The minimum Gasteiger partial charge on any atom is -0.398 e. The van der Waals surface area contributed by atoms with Crippen LogP contribution in [0.5, 0.6) is 0 Å². The highest BCUT2D eigenvalue weighted by molar-refractivity contribution is 8.66. The molecular weight excluding hydrogens is 302 g/mol. The molecule has 0 heterocycles. The van der Waals surface area contributed by atoms with Crippen molar-refractivity contribution in [2.45, 2.75) is 4.90 Å². The predicted molar refractivity (Wildman–Crippen MR) is 68.8 cm³/mol. The van der Waals surface area contributed by atoms with Gasteiger partial charge in [0, 0.05) is 14.1 Å². The Morgan fingerprint density at radius 2 is 1.78 bits per heavy atom. The van der Waals surface area contributed by atoms with E-state index in [2.05, 4.69) is 0 Å². The molecule has 10 heteroatoms. The Bertz CT molecular complexity index is 655. The standard InChI is InChI=1S/C8H12ClN3O4S2/c1-12(2)11-18(15,16)17(13,14)6-3-4-8(10)7(9)5-6/h3-5,11H,10H2,1-2H3. The quantitative estimate of drug-likeness (QED) is 0.460. The lowest BCUT2D eigenvalue weighted by Gasteiger charge is -2.13. The maximum Gasteiger partial charge on any atom is 0.334 e. The molecule has 0 aliphatic heterocycles. The minimum atomic E-state index is -4.59. The zero-order valence-electron chi connectivity index (χ0n) is 9.58.